The van der Waals surface area contributed by atoms with E-state index in [1.807, 2.05) is 12.1 Å². The first kappa shape index (κ1) is 21.9. The maximum atomic E-state index is 13.5. The van der Waals surface area contributed by atoms with Gasteiger partial charge < -0.3 is 20.9 Å². The van der Waals surface area contributed by atoms with Gasteiger partial charge in [0.15, 0.2) is 0 Å². The third kappa shape index (κ3) is 4.72. The Hall–Kier alpha value is -2.97. The Balaban J connectivity index is 1.37. The molecule has 5 rings (SSSR count). The number of piperidine rings is 1. The molecule has 1 saturated heterocycles. The van der Waals surface area contributed by atoms with Crippen molar-refractivity contribution in [2.75, 3.05) is 23.7 Å². The van der Waals surface area contributed by atoms with E-state index in [1.54, 1.807) is 12.3 Å². The monoisotopic (exact) mass is 508 g/mol. The standard InChI is InChI=1S/C25H26BrFN6/c1-25(7-9-28-10-8-25)20-14-29-22-6-5-18(12-19(20)22)32-24-31-15-21(26)23(33-24)30-13-16-3-2-4-17(27)11-16/h2-6,11-12,14-15,28-29H,7-10,13H2,1H3,(H2,30,31,32,33). The molecule has 1 aliphatic heterocycles. The lowest BCUT2D eigenvalue weighted by molar-refractivity contribution is 0.337. The summed E-state index contributed by atoms with van der Waals surface area (Å²) in [6, 6.07) is 12.8. The van der Waals surface area contributed by atoms with Crippen molar-refractivity contribution < 1.29 is 4.39 Å². The third-order valence-corrected chi connectivity index (χ3v) is 6.97. The van der Waals surface area contributed by atoms with Crippen LogP contribution >= 0.6 is 15.9 Å². The summed E-state index contributed by atoms with van der Waals surface area (Å²) in [5.41, 5.74) is 4.41. The second-order valence-electron chi connectivity index (χ2n) is 8.77. The second kappa shape index (κ2) is 9.11. The molecule has 0 radical (unpaired) electrons. The molecule has 0 bridgehead atoms. The van der Waals surface area contributed by atoms with Crippen LogP contribution in [0, 0.1) is 5.82 Å². The van der Waals surface area contributed by atoms with Crippen molar-refractivity contribution in [2.24, 2.45) is 0 Å². The predicted molar refractivity (Wildman–Crippen MR) is 134 cm³/mol. The highest BCUT2D eigenvalue weighted by atomic mass is 79.9. The fraction of sp³-hybridized carbons (Fsp3) is 0.280. The highest BCUT2D eigenvalue weighted by molar-refractivity contribution is 9.10. The molecule has 8 heteroatoms. The van der Waals surface area contributed by atoms with Gasteiger partial charge in [0.1, 0.15) is 11.6 Å². The Labute approximate surface area is 200 Å². The number of aromatic amines is 1. The van der Waals surface area contributed by atoms with Gasteiger partial charge in [-0.05, 0) is 88.7 Å². The van der Waals surface area contributed by atoms with E-state index in [9.17, 15) is 4.39 Å². The summed E-state index contributed by atoms with van der Waals surface area (Å²) < 4.78 is 14.2. The number of rotatable bonds is 6. The third-order valence-electron chi connectivity index (χ3n) is 6.39. The lowest BCUT2D eigenvalue weighted by Crippen LogP contribution is -2.37. The summed E-state index contributed by atoms with van der Waals surface area (Å²) in [6.07, 6.45) is 6.10. The molecule has 3 heterocycles. The van der Waals surface area contributed by atoms with E-state index < -0.39 is 0 Å². The van der Waals surface area contributed by atoms with Crippen molar-refractivity contribution in [2.45, 2.75) is 31.7 Å². The molecule has 0 saturated carbocycles. The molecule has 0 spiro atoms. The summed E-state index contributed by atoms with van der Waals surface area (Å²) in [7, 11) is 0. The number of hydrogen-bond acceptors (Lipinski definition) is 5. The van der Waals surface area contributed by atoms with Crippen LogP contribution in [0.1, 0.15) is 30.9 Å². The Kier molecular flexibility index (Phi) is 6.03. The smallest absolute Gasteiger partial charge is 0.229 e. The number of nitrogens with one attached hydrogen (secondary N) is 4. The minimum Gasteiger partial charge on any atom is -0.365 e. The minimum absolute atomic E-state index is 0.157. The number of benzene rings is 2. The van der Waals surface area contributed by atoms with Gasteiger partial charge in [0.05, 0.1) is 4.47 Å². The molecular weight excluding hydrogens is 483 g/mol. The van der Waals surface area contributed by atoms with Gasteiger partial charge in [-0.25, -0.2) is 9.37 Å². The maximum absolute atomic E-state index is 13.5. The molecule has 4 N–H and O–H groups in total. The summed E-state index contributed by atoms with van der Waals surface area (Å²) in [4.78, 5) is 12.5. The molecular formula is C25H26BrFN6. The Morgan fingerprint density at radius 3 is 2.82 bits per heavy atom. The Morgan fingerprint density at radius 2 is 2.00 bits per heavy atom. The van der Waals surface area contributed by atoms with Gasteiger partial charge in [-0.2, -0.15) is 4.98 Å². The molecule has 1 aliphatic rings. The zero-order chi connectivity index (χ0) is 22.8. The first-order valence-corrected chi connectivity index (χ1v) is 11.9. The van der Waals surface area contributed by atoms with E-state index in [4.69, 9.17) is 0 Å². The van der Waals surface area contributed by atoms with Crippen LogP contribution in [0.25, 0.3) is 10.9 Å². The molecule has 2 aromatic heterocycles. The molecule has 6 nitrogen and oxygen atoms in total. The molecule has 2 aromatic carbocycles. The number of aromatic nitrogens is 3. The van der Waals surface area contributed by atoms with Crippen LogP contribution in [0.2, 0.25) is 0 Å². The van der Waals surface area contributed by atoms with Gasteiger partial charge in [0, 0.05) is 35.5 Å². The van der Waals surface area contributed by atoms with Gasteiger partial charge in [-0.3, -0.25) is 0 Å². The number of anilines is 3. The highest BCUT2D eigenvalue weighted by Crippen LogP contribution is 2.38. The van der Waals surface area contributed by atoms with Crippen LogP contribution in [0.15, 0.2) is 59.3 Å². The van der Waals surface area contributed by atoms with Crippen LogP contribution in [-0.4, -0.2) is 28.0 Å². The van der Waals surface area contributed by atoms with Gasteiger partial charge in [-0.15, -0.1) is 0 Å². The van der Waals surface area contributed by atoms with E-state index in [-0.39, 0.29) is 11.2 Å². The van der Waals surface area contributed by atoms with E-state index in [1.165, 1.54) is 23.1 Å². The van der Waals surface area contributed by atoms with Gasteiger partial charge in [0.25, 0.3) is 0 Å². The maximum Gasteiger partial charge on any atom is 0.229 e. The fourth-order valence-corrected chi connectivity index (χ4v) is 4.79. The van der Waals surface area contributed by atoms with Crippen molar-refractivity contribution in [3.8, 4) is 0 Å². The number of H-pyrrole nitrogens is 1. The molecule has 33 heavy (non-hydrogen) atoms. The quantitative estimate of drug-likeness (QED) is 0.262. The van der Waals surface area contributed by atoms with Crippen molar-refractivity contribution >= 4 is 44.3 Å². The topological polar surface area (TPSA) is 77.7 Å². The molecule has 0 amide bonds. The number of fused-ring (bicyclic) bond motifs is 1. The predicted octanol–water partition coefficient (Wildman–Crippen LogP) is 5.86. The van der Waals surface area contributed by atoms with Gasteiger partial charge in [-0.1, -0.05) is 19.1 Å². The minimum atomic E-state index is -0.253. The van der Waals surface area contributed by atoms with E-state index in [0.717, 1.165) is 47.2 Å². The van der Waals surface area contributed by atoms with Crippen molar-refractivity contribution in [1.82, 2.24) is 20.3 Å². The average molecular weight is 509 g/mol. The van der Waals surface area contributed by atoms with Crippen molar-refractivity contribution in [1.29, 1.82) is 0 Å². The van der Waals surface area contributed by atoms with Crippen LogP contribution < -0.4 is 16.0 Å². The van der Waals surface area contributed by atoms with Crippen LogP contribution in [0.3, 0.4) is 0 Å². The van der Waals surface area contributed by atoms with E-state index >= 15 is 0 Å². The van der Waals surface area contributed by atoms with E-state index in [0.29, 0.717) is 18.3 Å². The Bertz CT molecular complexity index is 1280. The summed E-state index contributed by atoms with van der Waals surface area (Å²) >= 11 is 3.49. The van der Waals surface area contributed by atoms with Crippen LogP contribution in [0.5, 0.6) is 0 Å². The largest absolute Gasteiger partial charge is 0.365 e. The van der Waals surface area contributed by atoms with Gasteiger partial charge in [0.2, 0.25) is 5.95 Å². The SMILES string of the molecule is CC1(c2c[nH]c3ccc(Nc4ncc(Br)c(NCc5cccc(F)c5)n4)cc23)CCNCC1. The highest BCUT2D eigenvalue weighted by Gasteiger charge is 2.31. The number of nitrogens with zero attached hydrogens (tertiary/aromatic N) is 2. The summed E-state index contributed by atoms with van der Waals surface area (Å²) in [5.74, 6) is 0.878. The second-order valence-corrected chi connectivity index (χ2v) is 9.63. The molecule has 170 valence electrons. The van der Waals surface area contributed by atoms with Crippen molar-refractivity contribution in [3.63, 3.8) is 0 Å². The fourth-order valence-electron chi connectivity index (χ4n) is 4.46. The lowest BCUT2D eigenvalue weighted by Gasteiger charge is -2.34. The number of halogens is 2. The van der Waals surface area contributed by atoms with Crippen LogP contribution in [0.4, 0.5) is 21.8 Å². The molecule has 4 aromatic rings. The average Bonchev–Trinajstić information content (AvgIpc) is 3.24. The van der Waals surface area contributed by atoms with E-state index in [2.05, 4.69) is 72.1 Å². The number of hydrogen-bond donors (Lipinski definition) is 4. The molecule has 0 unspecified atom stereocenters. The summed E-state index contributed by atoms with van der Waals surface area (Å²) in [6.45, 7) is 4.89. The molecule has 1 fully saturated rings. The first-order valence-electron chi connectivity index (χ1n) is 11.1. The van der Waals surface area contributed by atoms with Crippen LogP contribution in [-0.2, 0) is 12.0 Å². The molecule has 0 aliphatic carbocycles. The molecule has 0 atom stereocenters. The summed E-state index contributed by atoms with van der Waals surface area (Å²) in [5, 5.41) is 11.3. The zero-order valence-corrected chi connectivity index (χ0v) is 20.0. The Morgan fingerprint density at radius 1 is 1.15 bits per heavy atom. The van der Waals surface area contributed by atoms with Gasteiger partial charge >= 0.3 is 0 Å². The normalized spacial score (nSPS) is 15.5. The van der Waals surface area contributed by atoms with Crippen molar-refractivity contribution in [3.05, 3.63) is 76.3 Å². The zero-order valence-electron chi connectivity index (χ0n) is 18.4. The first-order chi connectivity index (χ1) is 16.0. The lowest BCUT2D eigenvalue weighted by atomic mass is 9.75.